The SMILES string of the molecule is CC(=O)OC1SC[C@@H]2OC(C)(C)OC12.CC1(C)OC2[C@H](C(O)CO)SC[C@@H]2O1.CC1(C)OCC([C@@H](O)C2OC(C)(C)O[C@H]2CO)O1.CC1(C)OCC([C@@H](OS(C)(=O)=O)C2OC(C)(C)O[C@H]2COS(C)(=O)=O)O1.CC1(C)OCC([C@@H]2SC[C@@H]3OC(C)(C)OC23)O1.CC1(C)OCC([C@H]2OC(O)[C@@H]3OC(C)(C)OC23)O1.OCC1O[C@@H](O)C(O)[C@H](O)[C@@H]1O. The van der Waals surface area contributed by atoms with Crippen molar-refractivity contribution in [1.29, 1.82) is 0 Å². The van der Waals surface area contributed by atoms with Gasteiger partial charge < -0.3 is 160 Å². The number of ether oxygens (including phenoxy) is 23. The molecule has 15 rings (SSSR count). The summed E-state index contributed by atoms with van der Waals surface area (Å²) in [5, 5.41) is 92.8. The Bertz CT molecular complexity index is 3490. The van der Waals surface area contributed by atoms with Gasteiger partial charge in [-0.25, -0.2) is 0 Å². The van der Waals surface area contributed by atoms with E-state index in [9.17, 15) is 42.1 Å². The first-order valence-electron chi connectivity index (χ1n) is 39.6. The molecule has 0 amide bonds. The molecule has 696 valence electrons. The molecule has 0 aromatic carbocycles. The maximum absolute atomic E-state index is 11.8. The van der Waals surface area contributed by atoms with Gasteiger partial charge in [-0.3, -0.25) is 13.2 Å². The third kappa shape index (κ3) is 28.0. The van der Waals surface area contributed by atoms with Crippen LogP contribution >= 0.6 is 35.3 Å². The van der Waals surface area contributed by atoms with Crippen LogP contribution in [0.3, 0.4) is 0 Å². The first kappa shape index (κ1) is 102. The second-order valence-corrected chi connectivity index (χ2v) is 42.3. The van der Waals surface area contributed by atoms with Gasteiger partial charge in [0, 0.05) is 24.2 Å². The van der Waals surface area contributed by atoms with Crippen molar-refractivity contribution < 1.29 is 190 Å². The molecule has 0 radical (unpaired) electrons. The Morgan fingerprint density at radius 3 is 1.35 bits per heavy atom. The molecule has 15 heterocycles. The van der Waals surface area contributed by atoms with Gasteiger partial charge in [0.1, 0.15) is 122 Å². The van der Waals surface area contributed by atoms with Crippen molar-refractivity contribution in [2.45, 2.75) is 378 Å². The molecule has 0 saturated carbocycles. The molecule has 15 fully saturated rings. The van der Waals surface area contributed by atoms with Gasteiger partial charge in [-0.1, -0.05) is 0 Å². The molecule has 0 aliphatic carbocycles. The second kappa shape index (κ2) is 39.4. The van der Waals surface area contributed by atoms with Crippen LogP contribution in [0, 0.1) is 0 Å². The van der Waals surface area contributed by atoms with Crippen LogP contribution in [0.25, 0.3) is 0 Å². The van der Waals surface area contributed by atoms with Crippen molar-refractivity contribution in [2.24, 2.45) is 0 Å². The maximum atomic E-state index is 11.8. The Morgan fingerprint density at radius 1 is 0.412 bits per heavy atom. The van der Waals surface area contributed by atoms with Gasteiger partial charge in [0.2, 0.25) is 0 Å². The van der Waals surface area contributed by atoms with Crippen molar-refractivity contribution in [3.8, 4) is 0 Å². The third-order valence-corrected chi connectivity index (χ3v) is 25.6. The number of aliphatic hydroxyl groups is 10. The van der Waals surface area contributed by atoms with E-state index in [-0.39, 0.29) is 104 Å². The van der Waals surface area contributed by atoms with E-state index in [2.05, 4.69) is 4.74 Å². The zero-order chi connectivity index (χ0) is 88.9. The largest absolute Gasteiger partial charge is 0.449 e. The summed E-state index contributed by atoms with van der Waals surface area (Å²) in [5.41, 5.74) is -0.209. The van der Waals surface area contributed by atoms with Gasteiger partial charge in [-0.15, -0.1) is 11.8 Å². The fourth-order valence-electron chi connectivity index (χ4n) is 15.7. The lowest BCUT2D eigenvalue weighted by atomic mass is 10.00. The minimum Gasteiger partial charge on any atom is -0.449 e. The molecule has 29 atom stereocenters. The maximum Gasteiger partial charge on any atom is 0.303 e. The van der Waals surface area contributed by atoms with Crippen molar-refractivity contribution in [1.82, 2.24) is 0 Å². The minimum atomic E-state index is -3.87. The van der Waals surface area contributed by atoms with E-state index >= 15 is 0 Å². The van der Waals surface area contributed by atoms with E-state index in [1.807, 2.05) is 94.8 Å². The van der Waals surface area contributed by atoms with Crippen LogP contribution in [-0.2, 0) is 142 Å². The number of hydrogen-bond donors (Lipinski definition) is 10. The standard InChI is InChI=1S/C14H26O10S2.C12H20O6.C12H22O6.C12H20O4S.C9H16O4S.C9H14O4S.C6H12O6/c1-13(2)19-7-9(21-13)12(24-26(6,17)18)11-10(8-20-25(5,15)16)22-14(3,4)23-11;1-11(2)14-5-6(16-11)7-8-9(10(13)15-7)18-12(3,4)17-8;1-11(2)15-6-8(17-11)9(14)10-7(5-13)16-12(3,4)18-10;1-11(2)13-5-7(14-11)10-9-8(6-17-10)15-12(3,4)16-9;1-9(2)12-6-4-14-8(5(11)3-10)7(6)13-9;1-5(10)11-8-7-6(4-14-8)12-9(2,3)13-7;7-1-2-3(8)4(9)5(10)6(11)12-2/h9-12H,7-8H2,1-6H3;6-10,13H,5H2,1-4H3;7-10,13-14H,5-6H2,1-4H3;7-10H,5-6H2,1-4H3;5-8,10-11H,3-4H2,1-2H3;6-8H,4H2,1-3H3;2-11H,1H2/t9?,10-,11?,12+;6?,7-,8?,9-,10?;7-,8?,9+,10?;7?,8-,9?,10-;5?,6-,7?,8-;6-,7?,8?;2?,3-,4-,5?,6-/m0100001/s1. The molecule has 45 heteroatoms. The zero-order valence-corrected chi connectivity index (χ0v) is 75.9. The van der Waals surface area contributed by atoms with Gasteiger partial charge in [-0.2, -0.15) is 40.4 Å². The van der Waals surface area contributed by atoms with E-state index in [1.165, 1.54) is 6.92 Å². The molecule has 0 aromatic heterocycles. The van der Waals surface area contributed by atoms with Crippen LogP contribution in [0.1, 0.15) is 145 Å². The molecule has 40 nitrogen and oxygen atoms in total. The number of hydrogen-bond acceptors (Lipinski definition) is 43. The van der Waals surface area contributed by atoms with E-state index in [4.69, 9.17) is 143 Å². The highest BCUT2D eigenvalue weighted by atomic mass is 32.2. The molecule has 0 aromatic rings. The summed E-state index contributed by atoms with van der Waals surface area (Å²) >= 11 is 5.06. The van der Waals surface area contributed by atoms with Crippen LogP contribution in [0.5, 0.6) is 0 Å². The summed E-state index contributed by atoms with van der Waals surface area (Å²) in [5.74, 6) is -4.48. The lowest BCUT2D eigenvalue weighted by Gasteiger charge is -2.37. The Balaban J connectivity index is 0.000000160. The number of rotatable bonds is 16. The van der Waals surface area contributed by atoms with E-state index < -0.39 is 183 Å². The number of thioether (sulfide) groups is 3. The number of carbonyl (C=O) groups excluding carboxylic acids is 1. The second-order valence-electron chi connectivity index (χ2n) is 35.5. The van der Waals surface area contributed by atoms with Gasteiger partial charge in [0.15, 0.2) is 75.9 Å². The molecule has 119 heavy (non-hydrogen) atoms. The highest BCUT2D eigenvalue weighted by Crippen LogP contribution is 2.48. The van der Waals surface area contributed by atoms with Crippen molar-refractivity contribution in [3.63, 3.8) is 0 Å². The summed E-state index contributed by atoms with van der Waals surface area (Å²) in [7, 11) is -7.59. The fourth-order valence-corrected chi connectivity index (χ4v) is 20.8. The van der Waals surface area contributed by atoms with Crippen LogP contribution in [0.4, 0.5) is 0 Å². The van der Waals surface area contributed by atoms with Crippen LogP contribution in [0.2, 0.25) is 0 Å². The summed E-state index contributed by atoms with van der Waals surface area (Å²) in [4.78, 5) is 10.8. The highest BCUT2D eigenvalue weighted by Gasteiger charge is 2.61. The fraction of sp³-hybridized carbons (Fsp3) is 0.986. The highest BCUT2D eigenvalue weighted by molar-refractivity contribution is 8.00. The van der Waals surface area contributed by atoms with Crippen LogP contribution < -0.4 is 0 Å². The first-order chi connectivity index (χ1) is 54.5. The molecule has 15 aliphatic heterocycles. The average molecular weight is 1820 g/mol. The molecule has 15 unspecified atom stereocenters. The molecule has 15 aliphatic rings. The van der Waals surface area contributed by atoms with Crippen molar-refractivity contribution in [3.05, 3.63) is 0 Å². The summed E-state index contributed by atoms with van der Waals surface area (Å²) in [6.45, 7) is 38.0. The van der Waals surface area contributed by atoms with Crippen molar-refractivity contribution >= 4 is 61.5 Å². The van der Waals surface area contributed by atoms with E-state index in [0.717, 1.165) is 29.8 Å². The number of carbonyl (C=O) groups is 1. The molecular formula is C74H130O40S5. The lowest BCUT2D eigenvalue weighted by Crippen LogP contribution is -2.58. The van der Waals surface area contributed by atoms with E-state index in [1.54, 1.807) is 78.9 Å². The Hall–Kier alpha value is -0.940. The molecule has 0 spiro atoms. The monoisotopic (exact) mass is 1820 g/mol. The van der Waals surface area contributed by atoms with Gasteiger partial charge >= 0.3 is 5.97 Å². The van der Waals surface area contributed by atoms with Crippen LogP contribution in [0.15, 0.2) is 0 Å². The smallest absolute Gasteiger partial charge is 0.303 e. The number of esters is 1. The topological polar surface area (TPSA) is 518 Å². The minimum absolute atomic E-state index is 0.0550. The predicted molar refractivity (Wildman–Crippen MR) is 417 cm³/mol. The molecular weight excluding hydrogens is 1690 g/mol. The summed E-state index contributed by atoms with van der Waals surface area (Å²) in [6, 6.07) is 0. The Labute approximate surface area is 708 Å². The quantitative estimate of drug-likeness (QED) is 0.0720. The lowest BCUT2D eigenvalue weighted by molar-refractivity contribution is -0.286. The van der Waals surface area contributed by atoms with Gasteiger partial charge in [0.05, 0.1) is 100 Å². The molecule has 10 N–H and O–H groups in total. The summed E-state index contributed by atoms with van der Waals surface area (Å²) in [6.07, 6.45) is -14.2. The zero-order valence-electron chi connectivity index (χ0n) is 71.8. The van der Waals surface area contributed by atoms with Crippen LogP contribution in [-0.4, -0.2) is 389 Å². The third-order valence-electron chi connectivity index (χ3n) is 20.3. The van der Waals surface area contributed by atoms with E-state index in [0.29, 0.717) is 25.1 Å². The molecule has 0 bridgehead atoms. The number of fused-ring (bicyclic) bond motifs is 4. The summed E-state index contributed by atoms with van der Waals surface area (Å²) < 4.78 is 185. The van der Waals surface area contributed by atoms with Crippen molar-refractivity contribution in [2.75, 3.05) is 82.6 Å². The number of aliphatic hydroxyl groups excluding tert-OH is 10. The Morgan fingerprint density at radius 2 is 0.849 bits per heavy atom. The normalized spacial score (nSPS) is 42.0. The first-order valence-corrected chi connectivity index (χ1v) is 46.4. The predicted octanol–water partition coefficient (Wildman–Crippen LogP) is 0.0350. The average Bonchev–Trinajstić information content (AvgIpc) is 1.60. The molecule has 15 saturated heterocycles. The Kier molecular flexibility index (Phi) is 33.7. The van der Waals surface area contributed by atoms with Gasteiger partial charge in [-0.05, 0) is 138 Å². The van der Waals surface area contributed by atoms with Gasteiger partial charge in [0.25, 0.3) is 20.2 Å².